The van der Waals surface area contributed by atoms with E-state index >= 15 is 0 Å². The molecule has 2 aromatic carbocycles. The van der Waals surface area contributed by atoms with Gasteiger partial charge in [0.1, 0.15) is 0 Å². The first-order valence-electron chi connectivity index (χ1n) is 9.27. The molecule has 1 heterocycles. The zero-order valence-electron chi connectivity index (χ0n) is 16.6. The largest absolute Gasteiger partial charge is 0.465 e. The Bertz CT molecular complexity index is 1100. The summed E-state index contributed by atoms with van der Waals surface area (Å²) in [5, 5.41) is 9.30. The molecule has 3 aromatic rings. The van der Waals surface area contributed by atoms with Crippen molar-refractivity contribution in [3.63, 3.8) is 0 Å². The number of carbonyl (C=O) groups is 1. The summed E-state index contributed by atoms with van der Waals surface area (Å²) in [5.41, 5.74) is 2.82. The molecule has 1 amide bonds. The molecule has 152 valence electrons. The molecule has 0 saturated carbocycles. The zero-order chi connectivity index (χ0) is 21.2. The van der Waals surface area contributed by atoms with E-state index in [9.17, 15) is 18.3 Å². The summed E-state index contributed by atoms with van der Waals surface area (Å²) in [6.45, 7) is 4.05. The van der Waals surface area contributed by atoms with Crippen molar-refractivity contribution in [2.75, 3.05) is 7.05 Å². The van der Waals surface area contributed by atoms with Gasteiger partial charge < -0.3 is 10.0 Å². The molecule has 0 bridgehead atoms. The molecular weight excluding hydrogens is 388 g/mol. The van der Waals surface area contributed by atoms with E-state index in [0.29, 0.717) is 11.3 Å². The van der Waals surface area contributed by atoms with Gasteiger partial charge in [-0.2, -0.15) is 0 Å². The van der Waals surface area contributed by atoms with Gasteiger partial charge in [0.15, 0.2) is 0 Å². The zero-order valence-corrected chi connectivity index (χ0v) is 17.4. The van der Waals surface area contributed by atoms with Crippen molar-refractivity contribution < 1.29 is 18.3 Å². The Labute approximate surface area is 171 Å². The predicted molar refractivity (Wildman–Crippen MR) is 112 cm³/mol. The Kier molecular flexibility index (Phi) is 5.79. The normalized spacial score (nSPS) is 11.6. The van der Waals surface area contributed by atoms with Gasteiger partial charge in [0.25, 0.3) is 10.0 Å². The van der Waals surface area contributed by atoms with Crippen LogP contribution in [0.1, 0.15) is 30.9 Å². The molecular formula is C22H24N2O4S. The van der Waals surface area contributed by atoms with Crippen LogP contribution in [0.15, 0.2) is 71.8 Å². The number of aromatic nitrogens is 1. The molecule has 6 nitrogen and oxygen atoms in total. The molecule has 0 unspecified atom stereocenters. The molecule has 1 N–H and O–H groups in total. The van der Waals surface area contributed by atoms with Gasteiger partial charge in [0.05, 0.1) is 17.1 Å². The number of carboxylic acid groups (broad SMARTS) is 1. The quantitative estimate of drug-likeness (QED) is 0.640. The second-order valence-corrected chi connectivity index (χ2v) is 9.00. The summed E-state index contributed by atoms with van der Waals surface area (Å²) in [7, 11) is -2.39. The number of nitrogens with zero attached hydrogens (tertiary/aromatic N) is 2. The molecule has 0 fully saturated rings. The van der Waals surface area contributed by atoms with Crippen LogP contribution >= 0.6 is 0 Å². The lowest BCUT2D eigenvalue weighted by Crippen LogP contribution is -2.24. The van der Waals surface area contributed by atoms with Gasteiger partial charge in [0.2, 0.25) is 0 Å². The number of benzene rings is 2. The van der Waals surface area contributed by atoms with Crippen LogP contribution < -0.4 is 0 Å². The van der Waals surface area contributed by atoms with Crippen molar-refractivity contribution in [3.8, 4) is 11.3 Å². The van der Waals surface area contributed by atoms with Crippen LogP contribution in [0.25, 0.3) is 11.3 Å². The van der Waals surface area contributed by atoms with E-state index < -0.39 is 16.1 Å². The summed E-state index contributed by atoms with van der Waals surface area (Å²) in [5.74, 6) is -0.00498. The fourth-order valence-corrected chi connectivity index (χ4v) is 4.85. The van der Waals surface area contributed by atoms with Gasteiger partial charge >= 0.3 is 6.09 Å². The van der Waals surface area contributed by atoms with Crippen molar-refractivity contribution in [3.05, 3.63) is 78.0 Å². The minimum Gasteiger partial charge on any atom is -0.465 e. The lowest BCUT2D eigenvalue weighted by Gasteiger charge is -2.16. The van der Waals surface area contributed by atoms with E-state index in [1.807, 2.05) is 44.2 Å². The van der Waals surface area contributed by atoms with E-state index in [1.54, 1.807) is 36.5 Å². The van der Waals surface area contributed by atoms with Gasteiger partial charge in [-0.05, 0) is 34.7 Å². The van der Waals surface area contributed by atoms with Crippen molar-refractivity contribution >= 4 is 16.1 Å². The lowest BCUT2D eigenvalue weighted by atomic mass is 9.95. The number of hydrogen-bond acceptors (Lipinski definition) is 3. The second kappa shape index (κ2) is 8.13. The van der Waals surface area contributed by atoms with Crippen molar-refractivity contribution in [2.45, 2.75) is 31.2 Å². The molecule has 0 aliphatic rings. The average Bonchev–Trinajstić information content (AvgIpc) is 3.09. The Morgan fingerprint density at radius 2 is 1.59 bits per heavy atom. The SMILES string of the molecule is CC(C)c1c(CN(C)C(=O)O)cn(S(=O)(=O)c2ccccc2)c1-c1ccccc1. The first-order chi connectivity index (χ1) is 13.7. The van der Waals surface area contributed by atoms with Gasteiger partial charge in [-0.25, -0.2) is 17.2 Å². The minimum atomic E-state index is -3.86. The first kappa shape index (κ1) is 20.7. The van der Waals surface area contributed by atoms with E-state index in [4.69, 9.17) is 0 Å². The van der Waals surface area contributed by atoms with Gasteiger partial charge in [0, 0.05) is 13.2 Å². The predicted octanol–water partition coefficient (Wildman–Crippen LogP) is 4.63. The number of rotatable bonds is 6. The maximum atomic E-state index is 13.5. The summed E-state index contributed by atoms with van der Waals surface area (Å²) < 4.78 is 28.2. The highest BCUT2D eigenvalue weighted by Gasteiger charge is 2.28. The lowest BCUT2D eigenvalue weighted by molar-refractivity contribution is 0.153. The summed E-state index contributed by atoms with van der Waals surface area (Å²) in [6.07, 6.45) is 0.485. The number of hydrogen-bond donors (Lipinski definition) is 1. The van der Waals surface area contributed by atoms with Gasteiger partial charge in [-0.15, -0.1) is 0 Å². The topological polar surface area (TPSA) is 79.6 Å². The maximum absolute atomic E-state index is 13.5. The Morgan fingerprint density at radius 3 is 2.10 bits per heavy atom. The van der Waals surface area contributed by atoms with Crippen LogP contribution in [0, 0.1) is 0 Å². The maximum Gasteiger partial charge on any atom is 0.407 e. The summed E-state index contributed by atoms with van der Waals surface area (Å²) in [6, 6.07) is 17.6. The minimum absolute atomic E-state index is 0.00498. The van der Waals surface area contributed by atoms with Crippen LogP contribution in [0.2, 0.25) is 0 Å². The summed E-state index contributed by atoms with van der Waals surface area (Å²) in [4.78, 5) is 12.7. The third kappa shape index (κ3) is 4.05. The molecule has 0 saturated heterocycles. The van der Waals surface area contributed by atoms with Crippen LogP contribution in [0.5, 0.6) is 0 Å². The van der Waals surface area contributed by atoms with Crippen LogP contribution in [-0.2, 0) is 16.6 Å². The Morgan fingerprint density at radius 1 is 1.03 bits per heavy atom. The highest BCUT2D eigenvalue weighted by molar-refractivity contribution is 7.90. The fraction of sp³-hybridized carbons (Fsp3) is 0.227. The van der Waals surface area contributed by atoms with Crippen molar-refractivity contribution in [1.82, 2.24) is 8.87 Å². The van der Waals surface area contributed by atoms with E-state index in [1.165, 1.54) is 11.0 Å². The molecule has 0 radical (unpaired) electrons. The molecule has 1 aromatic heterocycles. The first-order valence-corrected chi connectivity index (χ1v) is 10.7. The molecule has 0 aliphatic carbocycles. The van der Waals surface area contributed by atoms with Gasteiger partial charge in [-0.3, -0.25) is 0 Å². The Balaban J connectivity index is 2.31. The molecule has 3 rings (SSSR count). The third-order valence-electron chi connectivity index (χ3n) is 4.75. The van der Waals surface area contributed by atoms with Crippen LogP contribution in [-0.4, -0.2) is 35.5 Å². The highest BCUT2D eigenvalue weighted by Crippen LogP contribution is 2.36. The van der Waals surface area contributed by atoms with Crippen molar-refractivity contribution in [1.29, 1.82) is 0 Å². The molecule has 0 aliphatic heterocycles. The van der Waals surface area contributed by atoms with Crippen molar-refractivity contribution in [2.24, 2.45) is 0 Å². The average molecular weight is 413 g/mol. The fourth-order valence-electron chi connectivity index (χ4n) is 3.41. The van der Waals surface area contributed by atoms with Gasteiger partial charge in [-0.1, -0.05) is 62.4 Å². The van der Waals surface area contributed by atoms with Crippen LogP contribution in [0.3, 0.4) is 0 Å². The summed E-state index contributed by atoms with van der Waals surface area (Å²) >= 11 is 0. The molecule has 29 heavy (non-hydrogen) atoms. The third-order valence-corrected chi connectivity index (χ3v) is 6.43. The van der Waals surface area contributed by atoms with E-state index in [-0.39, 0.29) is 17.4 Å². The Hall–Kier alpha value is -3.06. The standard InChI is InChI=1S/C22H24N2O4S/c1-16(2)20-18(14-23(3)22(25)26)15-24(21(20)17-10-6-4-7-11-17)29(27,28)19-12-8-5-9-13-19/h4-13,15-16H,14H2,1-3H3,(H,25,26). The van der Waals surface area contributed by atoms with Crippen LogP contribution in [0.4, 0.5) is 4.79 Å². The number of amides is 1. The molecule has 0 atom stereocenters. The highest BCUT2D eigenvalue weighted by atomic mass is 32.2. The second-order valence-electron chi connectivity index (χ2n) is 7.19. The molecule has 7 heteroatoms. The van der Waals surface area contributed by atoms with E-state index in [0.717, 1.165) is 16.0 Å². The van der Waals surface area contributed by atoms with E-state index in [2.05, 4.69) is 0 Å². The smallest absolute Gasteiger partial charge is 0.407 e. The molecule has 0 spiro atoms. The monoisotopic (exact) mass is 412 g/mol.